The molecule has 0 radical (unpaired) electrons. The third-order valence-corrected chi connectivity index (χ3v) is 4.80. The second kappa shape index (κ2) is 5.51. The highest BCUT2D eigenvalue weighted by atomic mass is 16.1. The van der Waals surface area contributed by atoms with Gasteiger partial charge in [0.25, 0.3) is 0 Å². The Morgan fingerprint density at radius 2 is 1.76 bits per heavy atom. The summed E-state index contributed by atoms with van der Waals surface area (Å²) in [6, 6.07) is 0. The van der Waals surface area contributed by atoms with Gasteiger partial charge in [0, 0.05) is 6.42 Å². The van der Waals surface area contributed by atoms with E-state index in [4.69, 9.17) is 0 Å². The largest absolute Gasteiger partial charge is 0.298 e. The van der Waals surface area contributed by atoms with E-state index in [1.54, 1.807) is 0 Å². The standard InChI is InChI=1S/C15H27NO/c1-3-16(4-2)15(11-5-6-12-15)14(17)10-9-13-7-8-13/h13H,3-12H2,1-2H3. The van der Waals surface area contributed by atoms with Gasteiger partial charge in [-0.25, -0.2) is 0 Å². The van der Waals surface area contributed by atoms with Crippen molar-refractivity contribution in [2.45, 2.75) is 70.8 Å². The molecular formula is C15H27NO. The summed E-state index contributed by atoms with van der Waals surface area (Å²) < 4.78 is 0. The van der Waals surface area contributed by atoms with Crippen molar-refractivity contribution in [2.24, 2.45) is 5.92 Å². The normalized spacial score (nSPS) is 23.2. The fraction of sp³-hybridized carbons (Fsp3) is 0.933. The maximum atomic E-state index is 12.6. The van der Waals surface area contributed by atoms with Crippen LogP contribution in [0.5, 0.6) is 0 Å². The number of Topliss-reactive ketones (excluding diaryl/α,β-unsaturated/α-hetero) is 1. The second-order valence-electron chi connectivity index (χ2n) is 5.82. The molecule has 2 saturated carbocycles. The van der Waals surface area contributed by atoms with E-state index in [1.807, 2.05) is 0 Å². The van der Waals surface area contributed by atoms with E-state index >= 15 is 0 Å². The van der Waals surface area contributed by atoms with Crippen LogP contribution in [0.4, 0.5) is 0 Å². The first kappa shape index (κ1) is 13.1. The Morgan fingerprint density at radius 3 is 2.24 bits per heavy atom. The van der Waals surface area contributed by atoms with Gasteiger partial charge in [0.2, 0.25) is 0 Å². The van der Waals surface area contributed by atoms with Crippen LogP contribution < -0.4 is 0 Å². The van der Waals surface area contributed by atoms with Crippen LogP contribution >= 0.6 is 0 Å². The Kier molecular flexibility index (Phi) is 4.24. The molecule has 0 unspecified atom stereocenters. The van der Waals surface area contributed by atoms with E-state index in [1.165, 1.54) is 25.7 Å². The molecule has 2 fully saturated rings. The number of rotatable bonds is 7. The molecule has 0 amide bonds. The highest BCUT2D eigenvalue weighted by molar-refractivity contribution is 5.88. The van der Waals surface area contributed by atoms with E-state index in [0.717, 1.165) is 44.7 Å². The Hall–Kier alpha value is -0.370. The van der Waals surface area contributed by atoms with Crippen LogP contribution in [-0.4, -0.2) is 29.3 Å². The van der Waals surface area contributed by atoms with Crippen LogP contribution in [-0.2, 0) is 4.79 Å². The zero-order valence-electron chi connectivity index (χ0n) is 11.5. The summed E-state index contributed by atoms with van der Waals surface area (Å²) in [6.45, 7) is 6.42. The molecule has 0 atom stereocenters. The minimum atomic E-state index is -0.0710. The summed E-state index contributed by atoms with van der Waals surface area (Å²) in [4.78, 5) is 15.0. The molecule has 2 rings (SSSR count). The third-order valence-electron chi connectivity index (χ3n) is 4.80. The molecule has 0 bridgehead atoms. The number of hydrogen-bond donors (Lipinski definition) is 0. The Bertz CT molecular complexity index is 260. The van der Waals surface area contributed by atoms with Crippen molar-refractivity contribution in [2.75, 3.05) is 13.1 Å². The fourth-order valence-electron chi connectivity index (χ4n) is 3.53. The molecule has 2 aliphatic carbocycles. The molecule has 0 aromatic rings. The fourth-order valence-corrected chi connectivity index (χ4v) is 3.53. The predicted octanol–water partition coefficient (Wildman–Crippen LogP) is 3.40. The highest BCUT2D eigenvalue weighted by Gasteiger charge is 2.44. The lowest BCUT2D eigenvalue weighted by Gasteiger charge is -2.39. The van der Waals surface area contributed by atoms with E-state index in [0.29, 0.717) is 5.78 Å². The first-order valence-corrected chi connectivity index (χ1v) is 7.51. The van der Waals surface area contributed by atoms with E-state index in [-0.39, 0.29) is 5.54 Å². The van der Waals surface area contributed by atoms with E-state index in [2.05, 4.69) is 18.7 Å². The summed E-state index contributed by atoms with van der Waals surface area (Å²) >= 11 is 0. The van der Waals surface area contributed by atoms with Gasteiger partial charge in [0.1, 0.15) is 0 Å². The number of likely N-dealkylation sites (N-methyl/N-ethyl adjacent to an activating group) is 1. The van der Waals surface area contributed by atoms with Gasteiger partial charge >= 0.3 is 0 Å². The first-order valence-electron chi connectivity index (χ1n) is 7.51. The van der Waals surface area contributed by atoms with Crippen molar-refractivity contribution in [1.29, 1.82) is 0 Å². The molecule has 0 aliphatic heterocycles. The molecule has 0 saturated heterocycles. The van der Waals surface area contributed by atoms with Crippen LogP contribution in [0.3, 0.4) is 0 Å². The zero-order chi connectivity index (χ0) is 12.3. The molecule has 0 spiro atoms. The minimum Gasteiger partial charge on any atom is -0.298 e. The molecule has 0 aromatic heterocycles. The molecule has 0 heterocycles. The van der Waals surface area contributed by atoms with Crippen molar-refractivity contribution in [3.05, 3.63) is 0 Å². The lowest BCUT2D eigenvalue weighted by molar-refractivity contribution is -0.131. The van der Waals surface area contributed by atoms with Crippen LogP contribution in [0.15, 0.2) is 0 Å². The lowest BCUT2D eigenvalue weighted by atomic mass is 9.86. The smallest absolute Gasteiger partial charge is 0.153 e. The SMILES string of the molecule is CCN(CC)C1(C(=O)CCC2CC2)CCCC1. The summed E-state index contributed by atoms with van der Waals surface area (Å²) in [7, 11) is 0. The lowest BCUT2D eigenvalue weighted by Crippen LogP contribution is -2.52. The van der Waals surface area contributed by atoms with Crippen molar-refractivity contribution in [3.63, 3.8) is 0 Å². The van der Waals surface area contributed by atoms with Gasteiger partial charge in [-0.1, -0.05) is 39.5 Å². The highest BCUT2D eigenvalue weighted by Crippen LogP contribution is 2.39. The van der Waals surface area contributed by atoms with Crippen molar-refractivity contribution >= 4 is 5.78 Å². The Labute approximate surface area is 106 Å². The molecule has 98 valence electrons. The van der Waals surface area contributed by atoms with Crippen LogP contribution in [0, 0.1) is 5.92 Å². The summed E-state index contributed by atoms with van der Waals surface area (Å²) in [5.41, 5.74) is -0.0710. The average molecular weight is 237 g/mol. The molecular weight excluding hydrogens is 210 g/mol. The quantitative estimate of drug-likeness (QED) is 0.676. The molecule has 0 N–H and O–H groups in total. The van der Waals surface area contributed by atoms with Gasteiger partial charge in [-0.15, -0.1) is 0 Å². The predicted molar refractivity (Wildman–Crippen MR) is 71.1 cm³/mol. The van der Waals surface area contributed by atoms with Crippen molar-refractivity contribution in [1.82, 2.24) is 4.90 Å². The van der Waals surface area contributed by atoms with Gasteiger partial charge in [-0.3, -0.25) is 9.69 Å². The summed E-state index contributed by atoms with van der Waals surface area (Å²) in [6.07, 6.45) is 9.42. The van der Waals surface area contributed by atoms with Gasteiger partial charge in [-0.05, 0) is 38.3 Å². The molecule has 2 aliphatic rings. The second-order valence-corrected chi connectivity index (χ2v) is 5.82. The molecule has 17 heavy (non-hydrogen) atoms. The monoisotopic (exact) mass is 237 g/mol. The van der Waals surface area contributed by atoms with Gasteiger partial charge < -0.3 is 0 Å². The maximum Gasteiger partial charge on any atom is 0.153 e. The Balaban J connectivity index is 2.00. The number of ketones is 1. The number of hydrogen-bond acceptors (Lipinski definition) is 2. The third kappa shape index (κ3) is 2.73. The van der Waals surface area contributed by atoms with Crippen LogP contribution in [0.2, 0.25) is 0 Å². The number of nitrogens with zero attached hydrogens (tertiary/aromatic N) is 1. The molecule has 2 nitrogen and oxygen atoms in total. The number of carbonyl (C=O) groups is 1. The summed E-state index contributed by atoms with van der Waals surface area (Å²) in [5.74, 6) is 1.43. The minimum absolute atomic E-state index is 0.0710. The Morgan fingerprint density at radius 1 is 1.18 bits per heavy atom. The topological polar surface area (TPSA) is 20.3 Å². The van der Waals surface area contributed by atoms with Gasteiger partial charge in [-0.2, -0.15) is 0 Å². The zero-order valence-corrected chi connectivity index (χ0v) is 11.5. The van der Waals surface area contributed by atoms with Gasteiger partial charge in [0.05, 0.1) is 5.54 Å². The van der Waals surface area contributed by atoms with E-state index in [9.17, 15) is 4.79 Å². The van der Waals surface area contributed by atoms with Crippen LogP contribution in [0.25, 0.3) is 0 Å². The molecule has 0 aromatic carbocycles. The summed E-state index contributed by atoms with van der Waals surface area (Å²) in [5, 5.41) is 0. The average Bonchev–Trinajstić information content (AvgIpc) is 3.05. The maximum absolute atomic E-state index is 12.6. The van der Waals surface area contributed by atoms with Gasteiger partial charge in [0.15, 0.2) is 5.78 Å². The number of carbonyl (C=O) groups excluding carboxylic acids is 1. The first-order chi connectivity index (χ1) is 8.23. The van der Waals surface area contributed by atoms with Crippen LogP contribution in [0.1, 0.15) is 65.2 Å². The van der Waals surface area contributed by atoms with Crippen molar-refractivity contribution < 1.29 is 4.79 Å². The van der Waals surface area contributed by atoms with Crippen molar-refractivity contribution in [3.8, 4) is 0 Å². The van der Waals surface area contributed by atoms with E-state index < -0.39 is 0 Å². The molecule has 2 heteroatoms.